The predicted octanol–water partition coefficient (Wildman–Crippen LogP) is 1.00. The zero-order valence-electron chi connectivity index (χ0n) is 12.4. The van der Waals surface area contributed by atoms with Gasteiger partial charge in [-0.2, -0.15) is 0 Å². The highest BCUT2D eigenvalue weighted by Gasteiger charge is 2.13. The summed E-state index contributed by atoms with van der Waals surface area (Å²) < 4.78 is 10.9. The maximum Gasteiger partial charge on any atom is 0.238 e. The number of anilines is 1. The summed E-state index contributed by atoms with van der Waals surface area (Å²) in [5.74, 6) is 1.33. The van der Waals surface area contributed by atoms with Gasteiger partial charge in [-0.3, -0.25) is 4.79 Å². The summed E-state index contributed by atoms with van der Waals surface area (Å²) in [7, 11) is 0. The highest BCUT2D eigenvalue weighted by Crippen LogP contribution is 2.32. The summed E-state index contributed by atoms with van der Waals surface area (Å²) in [4.78, 5) is 11.8. The fraction of sp³-hybridized carbons (Fsp3) is 0.533. The van der Waals surface area contributed by atoms with Crippen LogP contribution in [0.15, 0.2) is 18.2 Å². The molecular formula is C15H22N2O4. The molecule has 0 saturated heterocycles. The van der Waals surface area contributed by atoms with E-state index < -0.39 is 6.10 Å². The molecule has 2 rings (SSSR count). The molecule has 1 aromatic carbocycles. The fourth-order valence-electron chi connectivity index (χ4n) is 1.90. The zero-order chi connectivity index (χ0) is 15.2. The number of aliphatic hydroxyl groups excluding tert-OH is 1. The Bertz CT molecular complexity index is 491. The zero-order valence-corrected chi connectivity index (χ0v) is 12.4. The largest absolute Gasteiger partial charge is 0.486 e. The molecule has 1 heterocycles. The van der Waals surface area contributed by atoms with E-state index in [-0.39, 0.29) is 18.4 Å². The molecule has 0 aromatic heterocycles. The SMILES string of the molecule is CC(C)C(O)CNCC(=O)Nc1ccc2c(c1)OCCO2. The third-order valence-electron chi connectivity index (χ3n) is 3.23. The Morgan fingerprint density at radius 3 is 2.71 bits per heavy atom. The van der Waals surface area contributed by atoms with Crippen molar-refractivity contribution in [2.45, 2.75) is 20.0 Å². The molecule has 0 spiro atoms. The van der Waals surface area contributed by atoms with Gasteiger partial charge in [0.2, 0.25) is 5.91 Å². The van der Waals surface area contributed by atoms with E-state index in [1.807, 2.05) is 13.8 Å². The molecule has 0 fully saturated rings. The number of nitrogens with one attached hydrogen (secondary N) is 2. The Hall–Kier alpha value is -1.79. The van der Waals surface area contributed by atoms with Crippen molar-refractivity contribution in [2.24, 2.45) is 5.92 Å². The quantitative estimate of drug-likeness (QED) is 0.729. The first-order valence-electron chi connectivity index (χ1n) is 7.14. The molecule has 21 heavy (non-hydrogen) atoms. The van der Waals surface area contributed by atoms with Crippen molar-refractivity contribution in [3.63, 3.8) is 0 Å². The monoisotopic (exact) mass is 294 g/mol. The van der Waals surface area contributed by atoms with Crippen LogP contribution in [0.5, 0.6) is 11.5 Å². The normalized spacial score (nSPS) is 14.9. The Morgan fingerprint density at radius 1 is 1.29 bits per heavy atom. The summed E-state index contributed by atoms with van der Waals surface area (Å²) in [6.45, 7) is 5.47. The maximum atomic E-state index is 11.8. The lowest BCUT2D eigenvalue weighted by molar-refractivity contribution is -0.115. The van der Waals surface area contributed by atoms with E-state index in [1.54, 1.807) is 18.2 Å². The Labute approximate surface area is 124 Å². The number of amides is 1. The second-order valence-corrected chi connectivity index (χ2v) is 5.35. The van der Waals surface area contributed by atoms with Gasteiger partial charge in [-0.25, -0.2) is 0 Å². The van der Waals surface area contributed by atoms with E-state index >= 15 is 0 Å². The minimum Gasteiger partial charge on any atom is -0.486 e. The van der Waals surface area contributed by atoms with Crippen LogP contribution < -0.4 is 20.1 Å². The summed E-state index contributed by atoms with van der Waals surface area (Å²) in [5, 5.41) is 15.3. The van der Waals surface area contributed by atoms with Crippen molar-refractivity contribution in [1.82, 2.24) is 5.32 Å². The van der Waals surface area contributed by atoms with Crippen molar-refractivity contribution >= 4 is 11.6 Å². The lowest BCUT2D eigenvalue weighted by atomic mass is 10.1. The van der Waals surface area contributed by atoms with Crippen molar-refractivity contribution in [1.29, 1.82) is 0 Å². The first-order valence-corrected chi connectivity index (χ1v) is 7.14. The van der Waals surface area contributed by atoms with Crippen LogP contribution in [-0.2, 0) is 4.79 Å². The Morgan fingerprint density at radius 2 is 2.00 bits per heavy atom. The Kier molecular flexibility index (Phi) is 5.41. The first kappa shape index (κ1) is 15.6. The van der Waals surface area contributed by atoms with Gasteiger partial charge >= 0.3 is 0 Å². The van der Waals surface area contributed by atoms with Gasteiger partial charge in [-0.15, -0.1) is 0 Å². The smallest absolute Gasteiger partial charge is 0.238 e. The second-order valence-electron chi connectivity index (χ2n) is 5.35. The standard InChI is InChI=1S/C15H22N2O4/c1-10(2)12(18)8-16-9-15(19)17-11-3-4-13-14(7-11)21-6-5-20-13/h3-4,7,10,12,16,18H,5-6,8-9H2,1-2H3,(H,17,19). The summed E-state index contributed by atoms with van der Waals surface area (Å²) in [5.41, 5.74) is 0.662. The molecular weight excluding hydrogens is 272 g/mol. The second kappa shape index (κ2) is 7.28. The molecule has 1 unspecified atom stereocenters. The number of fused-ring (bicyclic) bond motifs is 1. The van der Waals surface area contributed by atoms with Crippen LogP contribution >= 0.6 is 0 Å². The maximum absolute atomic E-state index is 11.8. The molecule has 116 valence electrons. The summed E-state index contributed by atoms with van der Waals surface area (Å²) in [6.07, 6.45) is -0.452. The molecule has 1 aliphatic heterocycles. The Balaban J connectivity index is 1.80. The van der Waals surface area contributed by atoms with Crippen molar-refractivity contribution in [2.75, 3.05) is 31.6 Å². The van der Waals surface area contributed by atoms with Crippen LogP contribution in [0.2, 0.25) is 0 Å². The number of hydrogen-bond donors (Lipinski definition) is 3. The van der Waals surface area contributed by atoms with Gasteiger partial charge in [0.15, 0.2) is 11.5 Å². The number of ether oxygens (including phenoxy) is 2. The average Bonchev–Trinajstić information content (AvgIpc) is 2.46. The molecule has 1 aromatic rings. The number of carbonyl (C=O) groups is 1. The van der Waals surface area contributed by atoms with Crippen molar-refractivity contribution in [3.8, 4) is 11.5 Å². The van der Waals surface area contributed by atoms with Crippen LogP contribution in [0.4, 0.5) is 5.69 Å². The van der Waals surface area contributed by atoms with Crippen molar-refractivity contribution < 1.29 is 19.4 Å². The molecule has 1 aliphatic rings. The van der Waals surface area contributed by atoms with Gasteiger partial charge in [0.05, 0.1) is 12.6 Å². The van der Waals surface area contributed by atoms with Crippen LogP contribution in [0.25, 0.3) is 0 Å². The van der Waals surface area contributed by atoms with Gasteiger partial charge in [-0.05, 0) is 18.1 Å². The van der Waals surface area contributed by atoms with E-state index in [1.165, 1.54) is 0 Å². The highest BCUT2D eigenvalue weighted by atomic mass is 16.6. The predicted molar refractivity (Wildman–Crippen MR) is 79.8 cm³/mol. The van der Waals surface area contributed by atoms with E-state index in [9.17, 15) is 9.90 Å². The summed E-state index contributed by atoms with van der Waals surface area (Å²) in [6, 6.07) is 5.30. The topological polar surface area (TPSA) is 79.8 Å². The number of aliphatic hydroxyl groups is 1. The van der Waals surface area contributed by atoms with Gasteiger partial charge < -0.3 is 25.2 Å². The lowest BCUT2D eigenvalue weighted by Crippen LogP contribution is -2.35. The highest BCUT2D eigenvalue weighted by molar-refractivity contribution is 5.92. The van der Waals surface area contributed by atoms with E-state index in [4.69, 9.17) is 9.47 Å². The molecule has 0 radical (unpaired) electrons. The third kappa shape index (κ3) is 4.61. The molecule has 6 nitrogen and oxygen atoms in total. The van der Waals surface area contributed by atoms with Gasteiger partial charge in [0.1, 0.15) is 13.2 Å². The number of hydrogen-bond acceptors (Lipinski definition) is 5. The third-order valence-corrected chi connectivity index (χ3v) is 3.23. The van der Waals surface area contributed by atoms with Gasteiger partial charge in [0.25, 0.3) is 0 Å². The minimum atomic E-state index is -0.452. The fourth-order valence-corrected chi connectivity index (χ4v) is 1.90. The molecule has 6 heteroatoms. The van der Waals surface area contributed by atoms with E-state index in [2.05, 4.69) is 10.6 Å². The lowest BCUT2D eigenvalue weighted by Gasteiger charge is -2.19. The van der Waals surface area contributed by atoms with Crippen LogP contribution in [0.1, 0.15) is 13.8 Å². The van der Waals surface area contributed by atoms with E-state index in [0.29, 0.717) is 36.9 Å². The molecule has 0 aliphatic carbocycles. The first-order chi connectivity index (χ1) is 10.1. The number of carbonyl (C=O) groups excluding carboxylic acids is 1. The minimum absolute atomic E-state index is 0.151. The van der Waals surface area contributed by atoms with Crippen LogP contribution in [0, 0.1) is 5.92 Å². The van der Waals surface area contributed by atoms with Gasteiger partial charge in [0, 0.05) is 18.3 Å². The van der Waals surface area contributed by atoms with Crippen LogP contribution in [0.3, 0.4) is 0 Å². The molecule has 0 saturated carbocycles. The molecule has 1 atom stereocenters. The average molecular weight is 294 g/mol. The van der Waals surface area contributed by atoms with E-state index in [0.717, 1.165) is 0 Å². The van der Waals surface area contributed by atoms with Crippen LogP contribution in [-0.4, -0.2) is 43.4 Å². The molecule has 0 bridgehead atoms. The summed E-state index contributed by atoms with van der Waals surface area (Å²) >= 11 is 0. The molecule has 3 N–H and O–H groups in total. The van der Waals surface area contributed by atoms with Gasteiger partial charge in [-0.1, -0.05) is 13.8 Å². The van der Waals surface area contributed by atoms with Crippen molar-refractivity contribution in [3.05, 3.63) is 18.2 Å². The molecule has 1 amide bonds. The number of benzene rings is 1. The number of rotatable bonds is 6.